The van der Waals surface area contributed by atoms with Crippen LogP contribution in [-0.4, -0.2) is 38.1 Å². The number of benzene rings is 1. The van der Waals surface area contributed by atoms with Crippen LogP contribution < -0.4 is 5.73 Å². The molecule has 0 saturated carbocycles. The van der Waals surface area contributed by atoms with Crippen LogP contribution in [0, 0.1) is 6.92 Å². The molecule has 6 heteroatoms. The highest BCUT2D eigenvalue weighted by Gasteiger charge is 2.18. The van der Waals surface area contributed by atoms with Gasteiger partial charge in [0.1, 0.15) is 0 Å². The molecule has 0 bridgehead atoms. The number of carbonyl (C=O) groups is 1. The van der Waals surface area contributed by atoms with Crippen molar-refractivity contribution in [2.24, 2.45) is 5.73 Å². The Bertz CT molecular complexity index is 693. The molecule has 0 aliphatic heterocycles. The molecule has 0 aromatic heterocycles. The first-order valence-corrected chi connectivity index (χ1v) is 9.09. The number of hydrogen-bond donors (Lipinski definition) is 1. The summed E-state index contributed by atoms with van der Waals surface area (Å²) < 4.78 is 10.9. The maximum atomic E-state index is 12.3. The van der Waals surface area contributed by atoms with E-state index in [-0.39, 0.29) is 12.5 Å². The maximum Gasteiger partial charge on any atom is 0.236 e. The zero-order valence-corrected chi connectivity index (χ0v) is 16.4. The number of nitrogens with two attached hydrogens (primary N) is 1. The Morgan fingerprint density at radius 2 is 2.00 bits per heavy atom. The first-order valence-electron chi connectivity index (χ1n) is 8.71. The number of rotatable bonds is 8. The zero-order valence-electron chi connectivity index (χ0n) is 15.7. The lowest BCUT2D eigenvalue weighted by Gasteiger charge is -2.25. The second kappa shape index (κ2) is 9.64. The van der Waals surface area contributed by atoms with Gasteiger partial charge in [0.2, 0.25) is 5.91 Å². The molecule has 1 aliphatic carbocycles. The second-order valence-corrected chi connectivity index (χ2v) is 6.81. The van der Waals surface area contributed by atoms with Crippen molar-refractivity contribution in [2.75, 3.05) is 27.3 Å². The molecule has 0 atom stereocenters. The number of hydrogen-bond acceptors (Lipinski definition) is 4. The fourth-order valence-electron chi connectivity index (χ4n) is 3.15. The van der Waals surface area contributed by atoms with E-state index in [0.717, 1.165) is 41.1 Å². The minimum absolute atomic E-state index is 0.0190. The van der Waals surface area contributed by atoms with E-state index in [1.165, 1.54) is 0 Å². The molecule has 0 spiro atoms. The standard InChI is InChI=1S/C20H27ClN2O3/c1-14-8-15(10-17(21)9-14)13-23(20(24)12-22)7-6-16-11-18(25-2)4-5-19(16)26-3/h8-11H,4-7,12-13,22H2,1-3H3. The second-order valence-electron chi connectivity index (χ2n) is 6.37. The fourth-order valence-corrected chi connectivity index (χ4v) is 3.46. The monoisotopic (exact) mass is 378 g/mol. The first kappa shape index (κ1) is 20.3. The van der Waals surface area contributed by atoms with E-state index in [1.54, 1.807) is 19.1 Å². The molecular weight excluding hydrogens is 352 g/mol. The Kier molecular flexibility index (Phi) is 7.54. The summed E-state index contributed by atoms with van der Waals surface area (Å²) in [4.78, 5) is 14.1. The van der Waals surface area contributed by atoms with Gasteiger partial charge in [-0.15, -0.1) is 0 Å². The number of halogens is 1. The minimum Gasteiger partial charge on any atom is -0.501 e. The van der Waals surface area contributed by atoms with Gasteiger partial charge in [-0.25, -0.2) is 0 Å². The average Bonchev–Trinajstić information content (AvgIpc) is 2.63. The molecule has 0 fully saturated rings. The molecule has 1 aromatic carbocycles. The predicted octanol–water partition coefficient (Wildman–Crippen LogP) is 3.55. The van der Waals surface area contributed by atoms with Gasteiger partial charge >= 0.3 is 0 Å². The van der Waals surface area contributed by atoms with Gasteiger partial charge in [-0.3, -0.25) is 4.79 Å². The third-order valence-electron chi connectivity index (χ3n) is 4.45. The van der Waals surface area contributed by atoms with Gasteiger partial charge in [-0.2, -0.15) is 0 Å². The first-order chi connectivity index (χ1) is 12.5. The molecular formula is C20H27ClN2O3. The van der Waals surface area contributed by atoms with Gasteiger partial charge in [0, 0.05) is 31.0 Å². The number of nitrogens with zero attached hydrogens (tertiary/aromatic N) is 1. The fraction of sp³-hybridized carbons (Fsp3) is 0.450. The van der Waals surface area contributed by atoms with Crippen LogP contribution in [0.25, 0.3) is 0 Å². The number of carbonyl (C=O) groups excluding carboxylic acids is 1. The summed E-state index contributed by atoms with van der Waals surface area (Å²) in [6.45, 7) is 3.00. The van der Waals surface area contributed by atoms with E-state index < -0.39 is 0 Å². The van der Waals surface area contributed by atoms with E-state index in [2.05, 4.69) is 0 Å². The summed E-state index contributed by atoms with van der Waals surface area (Å²) in [5, 5.41) is 0.671. The van der Waals surface area contributed by atoms with Gasteiger partial charge in [-0.1, -0.05) is 17.7 Å². The van der Waals surface area contributed by atoms with Gasteiger partial charge < -0.3 is 20.1 Å². The molecule has 2 N–H and O–H groups in total. The zero-order chi connectivity index (χ0) is 19.1. The van der Waals surface area contributed by atoms with Crippen LogP contribution in [0.4, 0.5) is 0 Å². The average molecular weight is 379 g/mol. The Hall–Kier alpha value is -1.98. The maximum absolute atomic E-state index is 12.3. The van der Waals surface area contributed by atoms with Crippen molar-refractivity contribution < 1.29 is 14.3 Å². The molecule has 0 heterocycles. The van der Waals surface area contributed by atoms with Crippen LogP contribution >= 0.6 is 11.6 Å². The Morgan fingerprint density at radius 1 is 1.23 bits per heavy atom. The summed E-state index contributed by atoms with van der Waals surface area (Å²) >= 11 is 6.14. The Morgan fingerprint density at radius 3 is 2.62 bits per heavy atom. The number of methoxy groups -OCH3 is 2. The smallest absolute Gasteiger partial charge is 0.236 e. The van der Waals surface area contributed by atoms with Crippen LogP contribution in [0.15, 0.2) is 41.4 Å². The number of allylic oxidation sites excluding steroid dienone is 3. The van der Waals surface area contributed by atoms with E-state index in [1.807, 2.05) is 31.2 Å². The number of ether oxygens (including phenoxy) is 2. The molecule has 0 saturated heterocycles. The van der Waals surface area contributed by atoms with E-state index in [9.17, 15) is 4.79 Å². The van der Waals surface area contributed by atoms with Crippen molar-refractivity contribution in [3.63, 3.8) is 0 Å². The molecule has 2 rings (SSSR count). The van der Waals surface area contributed by atoms with Gasteiger partial charge in [0.25, 0.3) is 0 Å². The molecule has 1 aliphatic rings. The highest BCUT2D eigenvalue weighted by Crippen LogP contribution is 2.27. The topological polar surface area (TPSA) is 64.8 Å². The van der Waals surface area contributed by atoms with Crippen molar-refractivity contribution in [3.05, 3.63) is 57.5 Å². The van der Waals surface area contributed by atoms with Crippen molar-refractivity contribution in [1.29, 1.82) is 0 Å². The molecule has 26 heavy (non-hydrogen) atoms. The van der Waals surface area contributed by atoms with Crippen molar-refractivity contribution in [1.82, 2.24) is 4.90 Å². The normalized spacial score (nSPS) is 14.1. The van der Waals surface area contributed by atoms with Gasteiger partial charge in [0.15, 0.2) is 0 Å². The lowest BCUT2D eigenvalue weighted by molar-refractivity contribution is -0.130. The molecule has 0 unspecified atom stereocenters. The van der Waals surface area contributed by atoms with Crippen LogP contribution in [-0.2, 0) is 20.8 Å². The van der Waals surface area contributed by atoms with Crippen LogP contribution in [0.3, 0.4) is 0 Å². The highest BCUT2D eigenvalue weighted by molar-refractivity contribution is 6.30. The summed E-state index contributed by atoms with van der Waals surface area (Å²) in [6, 6.07) is 5.82. The van der Waals surface area contributed by atoms with Crippen molar-refractivity contribution >= 4 is 17.5 Å². The van der Waals surface area contributed by atoms with Crippen molar-refractivity contribution in [3.8, 4) is 0 Å². The Balaban J connectivity index is 2.14. The summed E-state index contributed by atoms with van der Waals surface area (Å²) in [5.41, 5.74) is 8.73. The third kappa shape index (κ3) is 5.51. The van der Waals surface area contributed by atoms with E-state index in [4.69, 9.17) is 26.8 Å². The Labute approximate surface area is 160 Å². The summed E-state index contributed by atoms with van der Waals surface area (Å²) in [5.74, 6) is 1.79. The summed E-state index contributed by atoms with van der Waals surface area (Å²) in [6.07, 6.45) is 4.33. The minimum atomic E-state index is -0.0889. The van der Waals surface area contributed by atoms with Gasteiger partial charge in [-0.05, 0) is 48.3 Å². The van der Waals surface area contributed by atoms with Crippen molar-refractivity contribution in [2.45, 2.75) is 32.7 Å². The van der Waals surface area contributed by atoms with Crippen LogP contribution in [0.5, 0.6) is 0 Å². The molecule has 142 valence electrons. The van der Waals surface area contributed by atoms with Crippen LogP contribution in [0.1, 0.15) is 30.4 Å². The lowest BCUT2D eigenvalue weighted by atomic mass is 10.00. The highest BCUT2D eigenvalue weighted by atomic mass is 35.5. The predicted molar refractivity (Wildman–Crippen MR) is 104 cm³/mol. The number of amides is 1. The third-order valence-corrected chi connectivity index (χ3v) is 4.67. The van der Waals surface area contributed by atoms with Crippen LogP contribution in [0.2, 0.25) is 5.02 Å². The summed E-state index contributed by atoms with van der Waals surface area (Å²) in [7, 11) is 3.35. The molecule has 0 radical (unpaired) electrons. The SMILES string of the molecule is COC1=CC(CCN(Cc2cc(C)cc(Cl)c2)C(=O)CN)=C(OC)CC1. The molecule has 1 amide bonds. The number of aryl methyl sites for hydroxylation is 1. The molecule has 5 nitrogen and oxygen atoms in total. The quantitative estimate of drug-likeness (QED) is 0.751. The van der Waals surface area contributed by atoms with Gasteiger partial charge in [0.05, 0.1) is 32.3 Å². The largest absolute Gasteiger partial charge is 0.501 e. The lowest BCUT2D eigenvalue weighted by Crippen LogP contribution is -2.36. The molecule has 1 aromatic rings. The van der Waals surface area contributed by atoms with E-state index >= 15 is 0 Å². The van der Waals surface area contributed by atoms with E-state index in [0.29, 0.717) is 24.5 Å².